The second-order valence-corrected chi connectivity index (χ2v) is 16.5. The summed E-state index contributed by atoms with van der Waals surface area (Å²) in [6.45, 7) is 3.52. The van der Waals surface area contributed by atoms with Gasteiger partial charge in [0.1, 0.15) is 48.8 Å². The van der Waals surface area contributed by atoms with Crippen LogP contribution in [0.25, 0.3) is 0 Å². The van der Waals surface area contributed by atoms with E-state index in [4.69, 9.17) is 42.6 Å². The van der Waals surface area contributed by atoms with Crippen LogP contribution in [0.4, 0.5) is 0 Å². The van der Waals surface area contributed by atoms with Gasteiger partial charge < -0.3 is 47.7 Å². The lowest BCUT2D eigenvalue weighted by Gasteiger charge is -2.50. The zero-order valence-electron chi connectivity index (χ0n) is 36.9. The zero-order valence-corrected chi connectivity index (χ0v) is 36.9. The van der Waals surface area contributed by atoms with Crippen molar-refractivity contribution in [3.63, 3.8) is 0 Å². The van der Waals surface area contributed by atoms with Crippen LogP contribution in [0.3, 0.4) is 0 Å². The SMILES string of the molecule is C[C@H]1OC(CO)[C@H](OCc2ccccc2)[C@H](O[C@H]2OC(COCc3ccccc3)[C@H](OCc3ccccc3)C(OCc3ccccc3)C2OCc2ccccc2)C1OCc1ccccc1. The third-order valence-electron chi connectivity index (χ3n) is 11.7. The van der Waals surface area contributed by atoms with E-state index < -0.39 is 61.2 Å². The third-order valence-corrected chi connectivity index (χ3v) is 11.7. The number of benzene rings is 6. The van der Waals surface area contributed by atoms with Crippen molar-refractivity contribution >= 4 is 0 Å². The van der Waals surface area contributed by atoms with Crippen LogP contribution < -0.4 is 0 Å². The van der Waals surface area contributed by atoms with Crippen molar-refractivity contribution in [1.82, 2.24) is 0 Å². The molecule has 2 saturated heterocycles. The first-order valence-corrected chi connectivity index (χ1v) is 22.6. The highest BCUT2D eigenvalue weighted by Crippen LogP contribution is 2.36. The van der Waals surface area contributed by atoms with E-state index in [2.05, 4.69) is 0 Å². The molecule has 2 aliphatic heterocycles. The van der Waals surface area contributed by atoms with Crippen molar-refractivity contribution in [1.29, 1.82) is 0 Å². The summed E-state index contributed by atoms with van der Waals surface area (Å²) in [5.41, 5.74) is 5.94. The van der Waals surface area contributed by atoms with Crippen molar-refractivity contribution in [3.05, 3.63) is 215 Å². The van der Waals surface area contributed by atoms with Gasteiger partial charge in [0, 0.05) is 0 Å². The molecule has 0 saturated carbocycles. The zero-order chi connectivity index (χ0) is 44.5. The summed E-state index contributed by atoms with van der Waals surface area (Å²) in [6.07, 6.45) is -7.42. The molecule has 0 amide bonds. The lowest BCUT2D eigenvalue weighted by Crippen LogP contribution is -2.66. The monoisotopic (exact) mass is 880 g/mol. The van der Waals surface area contributed by atoms with E-state index in [0.29, 0.717) is 19.8 Å². The maximum absolute atomic E-state index is 10.9. The van der Waals surface area contributed by atoms with Crippen LogP contribution in [0.15, 0.2) is 182 Å². The molecule has 6 aromatic carbocycles. The molecule has 2 aliphatic rings. The molecule has 0 radical (unpaired) electrons. The first-order valence-electron chi connectivity index (χ1n) is 22.6. The minimum Gasteiger partial charge on any atom is -0.394 e. The van der Waals surface area contributed by atoms with Crippen molar-refractivity contribution in [2.75, 3.05) is 13.2 Å². The minimum absolute atomic E-state index is 0.163. The summed E-state index contributed by atoms with van der Waals surface area (Å²) in [5, 5.41) is 10.9. The van der Waals surface area contributed by atoms with E-state index in [1.807, 2.05) is 189 Å². The van der Waals surface area contributed by atoms with Gasteiger partial charge >= 0.3 is 0 Å². The van der Waals surface area contributed by atoms with Crippen LogP contribution in [0.1, 0.15) is 40.3 Å². The van der Waals surface area contributed by atoms with Gasteiger partial charge in [-0.3, -0.25) is 0 Å². The topological polar surface area (TPSA) is 103 Å². The van der Waals surface area contributed by atoms with Crippen LogP contribution in [0, 0.1) is 0 Å². The van der Waals surface area contributed by atoms with Crippen LogP contribution >= 0.6 is 0 Å². The number of rotatable bonds is 22. The van der Waals surface area contributed by atoms with Crippen molar-refractivity contribution in [3.8, 4) is 0 Å². The number of aliphatic hydroxyl groups is 1. The molecule has 10 atom stereocenters. The maximum Gasteiger partial charge on any atom is 0.187 e. The second-order valence-electron chi connectivity index (χ2n) is 16.5. The Labute approximate surface area is 382 Å². The van der Waals surface area contributed by atoms with E-state index in [0.717, 1.165) is 33.4 Å². The number of ether oxygens (including phenoxy) is 9. The largest absolute Gasteiger partial charge is 0.394 e. The Kier molecular flexibility index (Phi) is 17.5. The fraction of sp³-hybridized carbons (Fsp3) is 0.345. The molecule has 0 aliphatic carbocycles. The molecule has 10 heteroatoms. The summed E-state index contributed by atoms with van der Waals surface area (Å²) in [7, 11) is 0. The Balaban J connectivity index is 1.17. The molecule has 10 nitrogen and oxygen atoms in total. The third kappa shape index (κ3) is 13.3. The smallest absolute Gasteiger partial charge is 0.187 e. The van der Waals surface area contributed by atoms with Crippen molar-refractivity contribution in [2.24, 2.45) is 0 Å². The highest BCUT2D eigenvalue weighted by atomic mass is 16.7. The second kappa shape index (κ2) is 24.4. The van der Waals surface area contributed by atoms with Gasteiger partial charge in [0.15, 0.2) is 6.29 Å². The average molecular weight is 881 g/mol. The molecule has 65 heavy (non-hydrogen) atoms. The van der Waals surface area contributed by atoms with Gasteiger partial charge in [0.25, 0.3) is 0 Å². The van der Waals surface area contributed by atoms with E-state index in [-0.39, 0.29) is 33.0 Å². The summed E-state index contributed by atoms with van der Waals surface area (Å²) in [6, 6.07) is 60.0. The van der Waals surface area contributed by atoms with E-state index in [1.165, 1.54) is 0 Å². The Morgan fingerprint density at radius 3 is 1.11 bits per heavy atom. The van der Waals surface area contributed by atoms with Gasteiger partial charge in [-0.15, -0.1) is 0 Å². The lowest BCUT2D eigenvalue weighted by molar-refractivity contribution is -0.362. The van der Waals surface area contributed by atoms with Gasteiger partial charge in [-0.1, -0.05) is 182 Å². The quantitative estimate of drug-likeness (QED) is 0.0711. The number of hydrogen-bond donors (Lipinski definition) is 1. The van der Waals surface area contributed by atoms with Gasteiger partial charge in [0.2, 0.25) is 0 Å². The predicted molar refractivity (Wildman–Crippen MR) is 246 cm³/mol. The Hall–Kier alpha value is -5.08. The average Bonchev–Trinajstić information content (AvgIpc) is 3.36. The van der Waals surface area contributed by atoms with E-state index >= 15 is 0 Å². The van der Waals surface area contributed by atoms with Gasteiger partial charge in [-0.25, -0.2) is 0 Å². The van der Waals surface area contributed by atoms with Crippen LogP contribution in [0.5, 0.6) is 0 Å². The van der Waals surface area contributed by atoms with Crippen LogP contribution in [-0.2, 0) is 82.3 Å². The molecule has 0 bridgehead atoms. The fourth-order valence-electron chi connectivity index (χ4n) is 8.38. The molecular formula is C55H60O10. The number of aliphatic hydroxyl groups excluding tert-OH is 1. The first kappa shape index (κ1) is 46.4. The fourth-order valence-corrected chi connectivity index (χ4v) is 8.38. The lowest BCUT2D eigenvalue weighted by atomic mass is 9.93. The summed E-state index contributed by atoms with van der Waals surface area (Å²) in [5.74, 6) is 0. The minimum atomic E-state index is -1.05. The first-order chi connectivity index (χ1) is 32.1. The molecule has 1 N–H and O–H groups in total. The molecular weight excluding hydrogens is 821 g/mol. The van der Waals surface area contributed by atoms with Gasteiger partial charge in [0.05, 0.1) is 59.0 Å². The van der Waals surface area contributed by atoms with Crippen LogP contribution in [0.2, 0.25) is 0 Å². The molecule has 8 rings (SSSR count). The summed E-state index contributed by atoms with van der Waals surface area (Å²) in [4.78, 5) is 0. The molecule has 0 aromatic heterocycles. The standard InChI is InChI=1S/C55H60O10/c1-40-49(58-34-42-22-10-3-11-23-42)53(50(47(32-56)63-40)59-35-43-24-12-4-13-25-43)65-55-54(62-38-46-30-18-7-19-31-46)52(61-37-45-28-16-6-17-29-45)51(60-36-44-26-14-5-15-27-44)48(64-55)39-57-33-41-20-8-2-9-21-41/h2-31,40,47-56H,32-39H2,1H3/t40-,47?,48?,49?,50+,51+,52?,53-,54?,55-/m1/s1. The predicted octanol–water partition coefficient (Wildman–Crippen LogP) is 9.02. The van der Waals surface area contributed by atoms with Crippen molar-refractivity contribution in [2.45, 2.75) is 108 Å². The normalized spacial score (nSPS) is 25.6. The molecule has 5 unspecified atom stereocenters. The highest BCUT2D eigenvalue weighted by Gasteiger charge is 2.53. The Bertz CT molecular complexity index is 2200. The van der Waals surface area contributed by atoms with E-state index in [1.54, 1.807) is 0 Å². The maximum atomic E-state index is 10.9. The molecule has 2 heterocycles. The molecule has 6 aromatic rings. The van der Waals surface area contributed by atoms with E-state index in [9.17, 15) is 5.11 Å². The van der Waals surface area contributed by atoms with Crippen LogP contribution in [-0.4, -0.2) is 79.5 Å². The highest BCUT2D eigenvalue weighted by molar-refractivity contribution is 5.18. The Morgan fingerprint density at radius 2 is 0.708 bits per heavy atom. The Morgan fingerprint density at radius 1 is 0.369 bits per heavy atom. The molecule has 2 fully saturated rings. The molecule has 0 spiro atoms. The molecule has 340 valence electrons. The summed E-state index contributed by atoms with van der Waals surface area (Å²) < 4.78 is 61.9. The van der Waals surface area contributed by atoms with Gasteiger partial charge in [-0.2, -0.15) is 0 Å². The van der Waals surface area contributed by atoms with Crippen molar-refractivity contribution < 1.29 is 47.7 Å². The van der Waals surface area contributed by atoms with Gasteiger partial charge in [-0.05, 0) is 40.3 Å². The summed E-state index contributed by atoms with van der Waals surface area (Å²) >= 11 is 0. The number of hydrogen-bond acceptors (Lipinski definition) is 10.